The van der Waals surface area contributed by atoms with Gasteiger partial charge in [-0.15, -0.1) is 0 Å². The molecule has 0 bridgehead atoms. The summed E-state index contributed by atoms with van der Waals surface area (Å²) in [5.41, 5.74) is -1.04. The van der Waals surface area contributed by atoms with Crippen LogP contribution in [0.4, 0.5) is 5.69 Å². The number of unbranched alkanes of at least 4 members (excludes halogenated alkanes) is 1. The number of hydrogen-bond acceptors (Lipinski definition) is 6. The van der Waals surface area contributed by atoms with E-state index in [-0.39, 0.29) is 12.2 Å². The van der Waals surface area contributed by atoms with Gasteiger partial charge in [0.1, 0.15) is 9.92 Å². The Morgan fingerprint density at radius 1 is 1.43 bits per heavy atom. The number of carbonyl (C=O) groups is 1. The maximum Gasteiger partial charge on any atom is 0.338 e. The lowest BCUT2D eigenvalue weighted by atomic mass is 10.2. The predicted molar refractivity (Wildman–Crippen MR) is 76.3 cm³/mol. The zero-order valence-electron chi connectivity index (χ0n) is 10.8. The highest BCUT2D eigenvalue weighted by atomic mass is 35.7. The number of hydrogen-bond donors (Lipinski definition) is 0. The molecule has 0 aliphatic carbocycles. The number of ether oxygens (including phenoxy) is 1. The Balaban J connectivity index is 3.31. The van der Waals surface area contributed by atoms with Gasteiger partial charge in [0.25, 0.3) is 14.7 Å². The van der Waals surface area contributed by atoms with Crippen LogP contribution in [0.2, 0.25) is 5.02 Å². The van der Waals surface area contributed by atoms with Crippen LogP contribution in [0.15, 0.2) is 17.0 Å². The van der Waals surface area contributed by atoms with Crippen LogP contribution in [0, 0.1) is 10.1 Å². The largest absolute Gasteiger partial charge is 0.462 e. The normalized spacial score (nSPS) is 11.2. The molecule has 1 aromatic rings. The minimum absolute atomic E-state index is 0.120. The average molecular weight is 356 g/mol. The highest BCUT2D eigenvalue weighted by molar-refractivity contribution is 8.13. The summed E-state index contributed by atoms with van der Waals surface area (Å²) in [5.74, 6) is -0.884. The van der Waals surface area contributed by atoms with Crippen LogP contribution in [0.25, 0.3) is 0 Å². The summed E-state index contributed by atoms with van der Waals surface area (Å²) in [6.07, 6.45) is 1.40. The minimum Gasteiger partial charge on any atom is -0.462 e. The van der Waals surface area contributed by atoms with E-state index in [4.69, 9.17) is 27.0 Å². The molecule has 0 aliphatic heterocycles. The van der Waals surface area contributed by atoms with Crippen LogP contribution < -0.4 is 0 Å². The molecule has 0 aliphatic rings. The van der Waals surface area contributed by atoms with E-state index in [2.05, 4.69) is 0 Å². The lowest BCUT2D eigenvalue weighted by Gasteiger charge is -2.07. The molecule has 0 aromatic heterocycles. The van der Waals surface area contributed by atoms with E-state index in [0.717, 1.165) is 18.6 Å². The molecule has 0 spiro atoms. The summed E-state index contributed by atoms with van der Waals surface area (Å²) in [6, 6.07) is 1.70. The van der Waals surface area contributed by atoms with Gasteiger partial charge in [-0.1, -0.05) is 24.9 Å². The first-order chi connectivity index (χ1) is 9.68. The van der Waals surface area contributed by atoms with Crippen LogP contribution in [-0.2, 0) is 13.8 Å². The van der Waals surface area contributed by atoms with Crippen molar-refractivity contribution < 1.29 is 22.9 Å². The molecule has 0 atom stereocenters. The van der Waals surface area contributed by atoms with Crippen molar-refractivity contribution in [3.05, 3.63) is 32.8 Å². The van der Waals surface area contributed by atoms with Crippen molar-refractivity contribution in [3.63, 3.8) is 0 Å². The predicted octanol–water partition coefficient (Wildman–Crippen LogP) is 3.13. The monoisotopic (exact) mass is 355 g/mol. The van der Waals surface area contributed by atoms with Gasteiger partial charge < -0.3 is 4.74 Å². The zero-order chi connectivity index (χ0) is 16.2. The van der Waals surface area contributed by atoms with Gasteiger partial charge in [-0.3, -0.25) is 10.1 Å². The molecule has 1 rings (SSSR count). The van der Waals surface area contributed by atoms with Gasteiger partial charge >= 0.3 is 5.97 Å². The number of nitro groups is 1. The molecule has 0 amide bonds. The zero-order valence-corrected chi connectivity index (χ0v) is 13.2. The van der Waals surface area contributed by atoms with Gasteiger partial charge in [0.05, 0.1) is 17.1 Å². The van der Waals surface area contributed by atoms with Crippen LogP contribution >= 0.6 is 22.3 Å². The fourth-order valence-corrected chi connectivity index (χ4v) is 2.96. The molecule has 0 radical (unpaired) electrons. The van der Waals surface area contributed by atoms with Crippen molar-refractivity contribution in [1.29, 1.82) is 0 Å². The highest BCUT2D eigenvalue weighted by Gasteiger charge is 2.27. The molecular weight excluding hydrogens is 345 g/mol. The maximum atomic E-state index is 11.8. The first-order valence-corrected chi connectivity index (χ1v) is 8.47. The Morgan fingerprint density at radius 3 is 2.52 bits per heavy atom. The van der Waals surface area contributed by atoms with Crippen molar-refractivity contribution in [2.75, 3.05) is 6.61 Å². The number of esters is 1. The van der Waals surface area contributed by atoms with Crippen LogP contribution in [0.5, 0.6) is 0 Å². The molecule has 7 nitrogen and oxygen atoms in total. The van der Waals surface area contributed by atoms with E-state index in [1.807, 2.05) is 6.92 Å². The summed E-state index contributed by atoms with van der Waals surface area (Å²) < 4.78 is 27.6. The standard InChI is InChI=1S/C11H11Cl2NO6S/c1-2-3-4-20-11(15)7-5-8(14(16)17)10(12)9(6-7)21(13,18)19/h5-6H,2-4H2,1H3. The lowest BCUT2D eigenvalue weighted by molar-refractivity contribution is -0.384. The third-order valence-electron chi connectivity index (χ3n) is 2.45. The number of carbonyl (C=O) groups excluding carboxylic acids is 1. The molecular formula is C11H11Cl2NO6S. The van der Waals surface area contributed by atoms with Gasteiger partial charge in [0.15, 0.2) is 0 Å². The second-order valence-corrected chi connectivity index (χ2v) is 6.90. The van der Waals surface area contributed by atoms with E-state index in [1.54, 1.807) is 0 Å². The van der Waals surface area contributed by atoms with Gasteiger partial charge in [-0.05, 0) is 12.5 Å². The first kappa shape index (κ1) is 17.7. The number of benzene rings is 1. The quantitative estimate of drug-likeness (QED) is 0.255. The van der Waals surface area contributed by atoms with Gasteiger partial charge in [-0.2, -0.15) is 0 Å². The van der Waals surface area contributed by atoms with Crippen LogP contribution in [0.1, 0.15) is 30.1 Å². The molecule has 0 heterocycles. The lowest BCUT2D eigenvalue weighted by Crippen LogP contribution is -2.09. The number of rotatable bonds is 6. The van der Waals surface area contributed by atoms with E-state index >= 15 is 0 Å². The van der Waals surface area contributed by atoms with E-state index < -0.39 is 35.5 Å². The molecule has 0 saturated heterocycles. The second kappa shape index (κ2) is 7.06. The molecule has 21 heavy (non-hydrogen) atoms. The Kier molecular flexibility index (Phi) is 5.94. The third-order valence-corrected chi connectivity index (χ3v) is 4.30. The van der Waals surface area contributed by atoms with Crippen LogP contribution in [-0.4, -0.2) is 25.9 Å². The van der Waals surface area contributed by atoms with Crippen molar-refractivity contribution in [1.82, 2.24) is 0 Å². The Hall–Kier alpha value is -1.38. The maximum absolute atomic E-state index is 11.8. The van der Waals surface area contributed by atoms with Crippen molar-refractivity contribution in [2.45, 2.75) is 24.7 Å². The molecule has 1 aromatic carbocycles. The topological polar surface area (TPSA) is 104 Å². The molecule has 0 N–H and O–H groups in total. The fraction of sp³-hybridized carbons (Fsp3) is 0.364. The first-order valence-electron chi connectivity index (χ1n) is 5.78. The molecule has 10 heteroatoms. The molecule has 116 valence electrons. The van der Waals surface area contributed by atoms with Crippen molar-refractivity contribution in [2.24, 2.45) is 0 Å². The SMILES string of the molecule is CCCCOC(=O)c1cc([N+](=O)[O-])c(Cl)c(S(=O)(=O)Cl)c1. The summed E-state index contributed by atoms with van der Waals surface area (Å²) in [6.45, 7) is 2.01. The Bertz CT molecular complexity index is 674. The van der Waals surface area contributed by atoms with E-state index in [1.165, 1.54) is 0 Å². The van der Waals surface area contributed by atoms with Gasteiger partial charge in [-0.25, -0.2) is 13.2 Å². The minimum atomic E-state index is -4.34. The van der Waals surface area contributed by atoms with Crippen molar-refractivity contribution >= 4 is 43.0 Å². The smallest absolute Gasteiger partial charge is 0.338 e. The number of nitrogens with zero attached hydrogens (tertiary/aromatic N) is 1. The molecule has 0 saturated carbocycles. The number of nitro benzene ring substituents is 1. The number of halogens is 2. The highest BCUT2D eigenvalue weighted by Crippen LogP contribution is 2.34. The summed E-state index contributed by atoms with van der Waals surface area (Å²) in [7, 11) is 0.814. The van der Waals surface area contributed by atoms with Crippen LogP contribution in [0.3, 0.4) is 0 Å². The summed E-state index contributed by atoms with van der Waals surface area (Å²) >= 11 is 5.63. The van der Waals surface area contributed by atoms with Gasteiger partial charge in [0, 0.05) is 16.7 Å². The average Bonchev–Trinajstić information content (AvgIpc) is 2.37. The summed E-state index contributed by atoms with van der Waals surface area (Å²) in [4.78, 5) is 21.0. The van der Waals surface area contributed by atoms with E-state index in [9.17, 15) is 23.3 Å². The molecule has 0 fully saturated rings. The Morgan fingerprint density at radius 2 is 2.05 bits per heavy atom. The molecule has 0 unspecified atom stereocenters. The fourth-order valence-electron chi connectivity index (χ4n) is 1.40. The third kappa shape index (κ3) is 4.55. The summed E-state index contributed by atoms with van der Waals surface area (Å²) in [5, 5.41) is 10.2. The Labute approximate surface area is 130 Å². The van der Waals surface area contributed by atoms with Gasteiger partial charge in [0.2, 0.25) is 0 Å². The van der Waals surface area contributed by atoms with Crippen molar-refractivity contribution in [3.8, 4) is 0 Å². The van der Waals surface area contributed by atoms with E-state index in [0.29, 0.717) is 6.42 Å². The second-order valence-electron chi connectivity index (χ2n) is 3.99.